The third-order valence-corrected chi connectivity index (χ3v) is 6.54. The van der Waals surface area contributed by atoms with Gasteiger partial charge in [-0.2, -0.15) is 18.2 Å². The molecule has 0 N–H and O–H groups in total. The van der Waals surface area contributed by atoms with Crippen molar-refractivity contribution in [1.29, 1.82) is 0 Å². The molecular formula is C21H23F3N4O3S. The topological polar surface area (TPSA) is 79.0 Å². The Hall–Kier alpha value is -2.66. The van der Waals surface area contributed by atoms with Gasteiger partial charge in [0.05, 0.1) is 15.4 Å². The van der Waals surface area contributed by atoms with E-state index < -0.39 is 22.4 Å². The number of thioether (sulfide) groups is 1. The predicted octanol–water partition coefficient (Wildman–Crippen LogP) is 4.42. The zero-order valence-electron chi connectivity index (χ0n) is 17.5. The Labute approximate surface area is 187 Å². The summed E-state index contributed by atoms with van der Waals surface area (Å²) < 4.78 is 39.3. The molecule has 3 rings (SSSR count). The van der Waals surface area contributed by atoms with E-state index in [9.17, 15) is 28.1 Å². The van der Waals surface area contributed by atoms with Crippen molar-refractivity contribution in [2.24, 2.45) is 4.99 Å². The normalized spacial score (nSPS) is 17.9. The highest BCUT2D eigenvalue weighted by Gasteiger charge is 2.35. The minimum absolute atomic E-state index is 0.0449. The van der Waals surface area contributed by atoms with Crippen LogP contribution in [-0.4, -0.2) is 59.0 Å². The highest BCUT2D eigenvalue weighted by Crippen LogP contribution is 2.40. The third-order valence-electron chi connectivity index (χ3n) is 5.26. The second-order valence-electron chi connectivity index (χ2n) is 7.54. The summed E-state index contributed by atoms with van der Waals surface area (Å²) in [6.45, 7) is 4.71. The molecule has 172 valence electrons. The summed E-state index contributed by atoms with van der Waals surface area (Å²) in [4.78, 5) is 29.8. The lowest BCUT2D eigenvalue weighted by atomic mass is 10.1. The van der Waals surface area contributed by atoms with Gasteiger partial charge >= 0.3 is 6.18 Å². The van der Waals surface area contributed by atoms with E-state index in [-0.39, 0.29) is 15.6 Å². The Balaban J connectivity index is 1.76. The maximum atomic E-state index is 13.1. The summed E-state index contributed by atoms with van der Waals surface area (Å²) in [7, 11) is 0. The fourth-order valence-corrected chi connectivity index (χ4v) is 4.68. The summed E-state index contributed by atoms with van der Waals surface area (Å²) in [6.07, 6.45) is 4.22. The van der Waals surface area contributed by atoms with Crippen molar-refractivity contribution in [3.63, 3.8) is 0 Å². The number of rotatable bonds is 5. The molecule has 1 aliphatic heterocycles. The lowest BCUT2D eigenvalue weighted by Crippen LogP contribution is -2.48. The van der Waals surface area contributed by atoms with E-state index in [1.165, 1.54) is 12.5 Å². The molecule has 32 heavy (non-hydrogen) atoms. The number of nitro groups is 1. The van der Waals surface area contributed by atoms with E-state index in [1.807, 2.05) is 4.90 Å². The summed E-state index contributed by atoms with van der Waals surface area (Å²) in [5, 5.41) is 11.7. The molecule has 0 spiro atoms. The molecule has 2 aliphatic rings. The van der Waals surface area contributed by atoms with Gasteiger partial charge in [-0.3, -0.25) is 19.8 Å². The van der Waals surface area contributed by atoms with Crippen molar-refractivity contribution in [3.8, 4) is 0 Å². The van der Waals surface area contributed by atoms with E-state index in [2.05, 4.69) is 28.1 Å². The molecule has 0 unspecified atom stereocenters. The molecule has 0 radical (unpaired) electrons. The number of aryl methyl sites for hydroxylation is 1. The first-order valence-electron chi connectivity index (χ1n) is 10.1. The number of nitro benzene ring substituents is 1. The number of nitrogens with zero attached hydrogens (tertiary/aromatic N) is 4. The largest absolute Gasteiger partial charge is 0.416 e. The van der Waals surface area contributed by atoms with E-state index >= 15 is 0 Å². The van der Waals surface area contributed by atoms with Gasteiger partial charge in [-0.1, -0.05) is 18.2 Å². The van der Waals surface area contributed by atoms with Crippen molar-refractivity contribution >= 4 is 29.0 Å². The molecule has 0 aromatic heterocycles. The van der Waals surface area contributed by atoms with Crippen LogP contribution < -0.4 is 0 Å². The van der Waals surface area contributed by atoms with Crippen LogP contribution >= 0.6 is 11.8 Å². The van der Waals surface area contributed by atoms with Crippen LogP contribution in [0, 0.1) is 17.0 Å². The summed E-state index contributed by atoms with van der Waals surface area (Å²) in [6, 6.07) is 1.40. The second-order valence-corrected chi connectivity index (χ2v) is 8.51. The Kier molecular flexibility index (Phi) is 7.73. The fourth-order valence-electron chi connectivity index (χ4n) is 3.64. The number of alkyl halides is 3. The molecular weight excluding hydrogens is 445 g/mol. The molecule has 0 atom stereocenters. The average Bonchev–Trinajstić information content (AvgIpc) is 2.75. The van der Waals surface area contributed by atoms with Gasteiger partial charge in [0.15, 0.2) is 5.17 Å². The van der Waals surface area contributed by atoms with Crippen LogP contribution in [0.1, 0.15) is 24.0 Å². The first-order valence-corrected chi connectivity index (χ1v) is 10.9. The fraction of sp³-hybridized carbons (Fsp3) is 0.429. The maximum Gasteiger partial charge on any atom is 0.416 e. The number of carbonyl (C=O) groups excluding carboxylic acids is 1. The molecule has 0 saturated carbocycles. The van der Waals surface area contributed by atoms with Gasteiger partial charge in [-0.05, 0) is 48.7 Å². The molecule has 1 heterocycles. The number of allylic oxidation sites excluding steroid dienone is 2. The average molecular weight is 469 g/mol. The third kappa shape index (κ3) is 5.98. The van der Waals surface area contributed by atoms with Gasteiger partial charge in [-0.15, -0.1) is 0 Å². The number of aliphatic imine (C=N–C) groups is 1. The number of hydrogen-bond acceptors (Lipinski definition) is 5. The van der Waals surface area contributed by atoms with Gasteiger partial charge in [-0.25, -0.2) is 0 Å². The van der Waals surface area contributed by atoms with E-state index in [0.29, 0.717) is 38.7 Å². The number of amides is 1. The van der Waals surface area contributed by atoms with Gasteiger partial charge in [0, 0.05) is 38.8 Å². The molecule has 11 heteroatoms. The molecule has 1 saturated heterocycles. The standard InChI is InChI=1S/C21H23F3N4O3S/c1-15-11-17(21(22,23)24)12-18(28(30)31)19(15)32-20(25-14-29)27-9-7-26(8-10-27)13-16-5-3-2-4-6-16/h3,5-6,11-12,14H,2,4,7-10,13H2,1H3. The Morgan fingerprint density at radius 3 is 2.53 bits per heavy atom. The Bertz CT molecular complexity index is 968. The Morgan fingerprint density at radius 1 is 1.25 bits per heavy atom. The van der Waals surface area contributed by atoms with Gasteiger partial charge in [0.25, 0.3) is 5.69 Å². The SMILES string of the molecule is Cc1cc(C(F)(F)F)cc([N+](=O)[O-])c1SC(=NC=O)N1CCN(CC2=CCCC=C2)CC1. The number of halogens is 3. The van der Waals surface area contributed by atoms with Crippen molar-refractivity contribution in [1.82, 2.24) is 9.80 Å². The lowest BCUT2D eigenvalue weighted by Gasteiger charge is -2.36. The van der Waals surface area contributed by atoms with Gasteiger partial charge < -0.3 is 4.90 Å². The number of amidine groups is 1. The second kappa shape index (κ2) is 10.3. The van der Waals surface area contributed by atoms with Gasteiger partial charge in [0.1, 0.15) is 0 Å². The smallest absolute Gasteiger partial charge is 0.348 e. The number of hydrogen-bond donors (Lipinski definition) is 0. The van der Waals surface area contributed by atoms with Crippen molar-refractivity contribution in [3.05, 3.63) is 57.2 Å². The van der Waals surface area contributed by atoms with Crippen LogP contribution in [-0.2, 0) is 11.0 Å². The highest BCUT2D eigenvalue weighted by molar-refractivity contribution is 8.14. The first kappa shape index (κ1) is 24.0. The van der Waals surface area contributed by atoms with Crippen LogP contribution in [0.2, 0.25) is 0 Å². The molecule has 1 aromatic carbocycles. The lowest BCUT2D eigenvalue weighted by molar-refractivity contribution is -0.388. The summed E-state index contributed by atoms with van der Waals surface area (Å²) in [5.74, 6) is 0. The van der Waals surface area contributed by atoms with Crippen molar-refractivity contribution in [2.45, 2.75) is 30.8 Å². The van der Waals surface area contributed by atoms with Crippen LogP contribution in [0.5, 0.6) is 0 Å². The van der Waals surface area contributed by atoms with E-state index in [1.54, 1.807) is 0 Å². The summed E-state index contributed by atoms with van der Waals surface area (Å²) in [5.41, 5.74) is -0.378. The minimum atomic E-state index is -4.70. The maximum absolute atomic E-state index is 13.1. The number of carbonyl (C=O) groups is 1. The first-order chi connectivity index (χ1) is 15.2. The molecule has 0 bridgehead atoms. The molecule has 1 amide bonds. The van der Waals surface area contributed by atoms with Crippen molar-refractivity contribution < 1.29 is 22.9 Å². The van der Waals surface area contributed by atoms with Gasteiger partial charge in [0.2, 0.25) is 6.41 Å². The molecule has 1 aromatic rings. The Morgan fingerprint density at radius 2 is 1.97 bits per heavy atom. The number of benzene rings is 1. The minimum Gasteiger partial charge on any atom is -0.348 e. The highest BCUT2D eigenvalue weighted by atomic mass is 32.2. The van der Waals surface area contributed by atoms with E-state index in [4.69, 9.17) is 0 Å². The molecule has 1 aliphatic carbocycles. The monoisotopic (exact) mass is 468 g/mol. The molecule has 7 nitrogen and oxygen atoms in total. The van der Waals surface area contributed by atoms with Crippen LogP contribution in [0.3, 0.4) is 0 Å². The predicted molar refractivity (Wildman–Crippen MR) is 117 cm³/mol. The van der Waals surface area contributed by atoms with Crippen LogP contribution in [0.15, 0.2) is 45.8 Å². The van der Waals surface area contributed by atoms with Crippen molar-refractivity contribution in [2.75, 3.05) is 32.7 Å². The van der Waals surface area contributed by atoms with Crippen LogP contribution in [0.4, 0.5) is 18.9 Å². The quantitative estimate of drug-likeness (QED) is 0.159. The molecule has 1 fully saturated rings. The van der Waals surface area contributed by atoms with E-state index in [0.717, 1.165) is 37.2 Å². The number of piperazine rings is 1. The summed E-state index contributed by atoms with van der Waals surface area (Å²) >= 11 is 0.852. The van der Waals surface area contributed by atoms with Crippen LogP contribution in [0.25, 0.3) is 0 Å². The zero-order chi connectivity index (χ0) is 23.3. The zero-order valence-corrected chi connectivity index (χ0v) is 18.3.